The highest BCUT2D eigenvalue weighted by Gasteiger charge is 2.58. The lowest BCUT2D eigenvalue weighted by molar-refractivity contribution is -0.145. The second-order valence-corrected chi connectivity index (χ2v) is 6.18. The maximum absolute atomic E-state index is 11.4. The fourth-order valence-electron chi connectivity index (χ4n) is 3.41. The van der Waals surface area contributed by atoms with E-state index < -0.39 is 29.3 Å². The van der Waals surface area contributed by atoms with Crippen LogP contribution in [0.1, 0.15) is 51.4 Å². The van der Waals surface area contributed by atoms with Crippen LogP contribution in [0.2, 0.25) is 0 Å². The van der Waals surface area contributed by atoms with E-state index in [2.05, 4.69) is 0 Å². The Morgan fingerprint density at radius 2 is 1.79 bits per heavy atom. The highest BCUT2D eigenvalue weighted by atomic mass is 16.4. The molecule has 108 valence electrons. The molecule has 0 spiro atoms. The lowest BCUT2D eigenvalue weighted by Gasteiger charge is -2.29. The molecule has 2 fully saturated rings. The number of rotatable bonds is 6. The summed E-state index contributed by atoms with van der Waals surface area (Å²) in [5.74, 6) is -2.35. The first-order valence-electron chi connectivity index (χ1n) is 7.20. The van der Waals surface area contributed by atoms with Crippen molar-refractivity contribution in [3.8, 4) is 0 Å². The van der Waals surface area contributed by atoms with Gasteiger partial charge in [-0.15, -0.1) is 0 Å². The first-order chi connectivity index (χ1) is 8.95. The van der Waals surface area contributed by atoms with E-state index in [-0.39, 0.29) is 0 Å². The minimum Gasteiger partial charge on any atom is -0.481 e. The molecule has 19 heavy (non-hydrogen) atoms. The van der Waals surface area contributed by atoms with Gasteiger partial charge in [0, 0.05) is 5.92 Å². The van der Waals surface area contributed by atoms with Crippen molar-refractivity contribution in [1.82, 2.24) is 0 Å². The van der Waals surface area contributed by atoms with Crippen molar-refractivity contribution in [3.05, 3.63) is 0 Å². The Kier molecular flexibility index (Phi) is 4.13. The van der Waals surface area contributed by atoms with Crippen molar-refractivity contribution in [2.45, 2.75) is 56.9 Å². The second kappa shape index (κ2) is 5.49. The fourth-order valence-corrected chi connectivity index (χ4v) is 3.41. The first-order valence-corrected chi connectivity index (χ1v) is 7.20. The molecule has 0 saturated heterocycles. The molecule has 2 rings (SSSR count). The largest absolute Gasteiger partial charge is 0.481 e. The van der Waals surface area contributed by atoms with E-state index in [0.29, 0.717) is 18.8 Å². The Balaban J connectivity index is 1.92. The third kappa shape index (κ3) is 3.08. The van der Waals surface area contributed by atoms with Gasteiger partial charge in [0.25, 0.3) is 0 Å². The van der Waals surface area contributed by atoms with Gasteiger partial charge in [0.1, 0.15) is 5.54 Å². The van der Waals surface area contributed by atoms with E-state index in [1.54, 1.807) is 0 Å². The quantitative estimate of drug-likeness (QED) is 0.683. The molecule has 0 aromatic heterocycles. The Bertz CT molecular complexity index is 364. The summed E-state index contributed by atoms with van der Waals surface area (Å²) < 4.78 is 0. The molecule has 0 aromatic rings. The standard InChI is InChI=1S/C14H23NO4/c15-14(13(18)19,11-8-10(11)12(16)17)7-6-9-4-2-1-3-5-9/h9-11H,1-8,15H2,(H,16,17)(H,18,19)/t10-,11-,14?/m0/s1. The van der Waals surface area contributed by atoms with Crippen molar-refractivity contribution >= 4 is 11.9 Å². The van der Waals surface area contributed by atoms with Crippen LogP contribution in [0.25, 0.3) is 0 Å². The Labute approximate surface area is 113 Å². The van der Waals surface area contributed by atoms with E-state index in [1.807, 2.05) is 0 Å². The summed E-state index contributed by atoms with van der Waals surface area (Å²) in [7, 11) is 0. The van der Waals surface area contributed by atoms with Crippen LogP contribution < -0.4 is 5.73 Å². The number of carbonyl (C=O) groups is 2. The van der Waals surface area contributed by atoms with E-state index in [4.69, 9.17) is 10.8 Å². The zero-order valence-electron chi connectivity index (χ0n) is 11.2. The van der Waals surface area contributed by atoms with Crippen LogP contribution in [0, 0.1) is 17.8 Å². The second-order valence-electron chi connectivity index (χ2n) is 6.18. The van der Waals surface area contributed by atoms with Gasteiger partial charge in [0.05, 0.1) is 5.92 Å². The minimum absolute atomic E-state index is 0.397. The highest BCUT2D eigenvalue weighted by Crippen LogP contribution is 2.48. The van der Waals surface area contributed by atoms with Crippen molar-refractivity contribution in [2.75, 3.05) is 0 Å². The van der Waals surface area contributed by atoms with Crippen molar-refractivity contribution in [3.63, 3.8) is 0 Å². The van der Waals surface area contributed by atoms with Gasteiger partial charge < -0.3 is 15.9 Å². The number of hydrogen-bond donors (Lipinski definition) is 3. The lowest BCUT2D eigenvalue weighted by atomic mass is 9.80. The van der Waals surface area contributed by atoms with Crippen LogP contribution in [0.15, 0.2) is 0 Å². The molecule has 3 atom stereocenters. The predicted molar refractivity (Wildman–Crippen MR) is 69.6 cm³/mol. The molecule has 0 heterocycles. The van der Waals surface area contributed by atoms with Crippen LogP contribution in [0.4, 0.5) is 0 Å². The zero-order valence-corrected chi connectivity index (χ0v) is 11.2. The molecule has 5 heteroatoms. The molecule has 1 unspecified atom stereocenters. The molecule has 0 aromatic carbocycles. The summed E-state index contributed by atoms with van der Waals surface area (Å²) in [6.07, 6.45) is 7.64. The van der Waals surface area contributed by atoms with E-state index in [1.165, 1.54) is 19.3 Å². The molecule has 5 nitrogen and oxygen atoms in total. The Morgan fingerprint density at radius 1 is 1.16 bits per heavy atom. The maximum Gasteiger partial charge on any atom is 0.323 e. The molecule has 4 N–H and O–H groups in total. The van der Waals surface area contributed by atoms with Crippen LogP contribution in [0.3, 0.4) is 0 Å². The third-order valence-electron chi connectivity index (χ3n) is 4.86. The van der Waals surface area contributed by atoms with Crippen LogP contribution in [-0.2, 0) is 9.59 Å². The van der Waals surface area contributed by atoms with Gasteiger partial charge in [0.2, 0.25) is 0 Å². The van der Waals surface area contributed by atoms with Gasteiger partial charge >= 0.3 is 11.9 Å². The zero-order chi connectivity index (χ0) is 14.0. The van der Waals surface area contributed by atoms with E-state index >= 15 is 0 Å². The smallest absolute Gasteiger partial charge is 0.323 e. The minimum atomic E-state index is -1.35. The maximum atomic E-state index is 11.4. The van der Waals surface area contributed by atoms with Crippen molar-refractivity contribution in [1.29, 1.82) is 0 Å². The summed E-state index contributed by atoms with van der Waals surface area (Å²) in [6.45, 7) is 0. The number of carboxylic acids is 2. The molecule has 0 amide bonds. The normalized spacial score (nSPS) is 30.6. The first kappa shape index (κ1) is 14.3. The average Bonchev–Trinajstić information content (AvgIpc) is 3.17. The van der Waals surface area contributed by atoms with Crippen LogP contribution in [0.5, 0.6) is 0 Å². The van der Waals surface area contributed by atoms with Crippen molar-refractivity contribution in [2.24, 2.45) is 23.5 Å². The lowest BCUT2D eigenvalue weighted by Crippen LogP contribution is -2.51. The molecule has 0 radical (unpaired) electrons. The fraction of sp³-hybridized carbons (Fsp3) is 0.857. The molecule has 2 saturated carbocycles. The summed E-state index contributed by atoms with van der Waals surface area (Å²) in [5, 5.41) is 18.3. The molecule has 0 aliphatic heterocycles. The summed E-state index contributed by atoms with van der Waals surface area (Å²) >= 11 is 0. The van der Waals surface area contributed by atoms with Crippen LogP contribution >= 0.6 is 0 Å². The predicted octanol–water partition coefficient (Wildman–Crippen LogP) is 1.85. The third-order valence-corrected chi connectivity index (χ3v) is 4.86. The molecule has 0 bridgehead atoms. The molecule has 2 aliphatic carbocycles. The Hall–Kier alpha value is -1.10. The highest BCUT2D eigenvalue weighted by molar-refractivity contribution is 5.83. The van der Waals surface area contributed by atoms with Gasteiger partial charge in [0.15, 0.2) is 0 Å². The van der Waals surface area contributed by atoms with Gasteiger partial charge in [-0.05, 0) is 25.2 Å². The SMILES string of the molecule is NC(CCC1CCCCC1)(C(=O)O)[C@H]1C[C@@H]1C(=O)O. The van der Waals surface area contributed by atoms with Gasteiger partial charge in [-0.3, -0.25) is 9.59 Å². The molecule has 2 aliphatic rings. The topological polar surface area (TPSA) is 101 Å². The summed E-state index contributed by atoms with van der Waals surface area (Å²) in [6, 6.07) is 0. The number of nitrogens with two attached hydrogens (primary N) is 1. The van der Waals surface area contributed by atoms with Gasteiger partial charge in [-0.2, -0.15) is 0 Å². The molecular weight excluding hydrogens is 246 g/mol. The van der Waals surface area contributed by atoms with E-state index in [0.717, 1.165) is 19.3 Å². The average molecular weight is 269 g/mol. The van der Waals surface area contributed by atoms with E-state index in [9.17, 15) is 14.7 Å². The van der Waals surface area contributed by atoms with Crippen molar-refractivity contribution < 1.29 is 19.8 Å². The van der Waals surface area contributed by atoms with Crippen LogP contribution in [-0.4, -0.2) is 27.7 Å². The number of hydrogen-bond acceptors (Lipinski definition) is 3. The summed E-state index contributed by atoms with van der Waals surface area (Å²) in [4.78, 5) is 22.3. The Morgan fingerprint density at radius 3 is 2.26 bits per heavy atom. The van der Waals surface area contributed by atoms with Gasteiger partial charge in [-0.1, -0.05) is 32.1 Å². The number of carboxylic acid groups (broad SMARTS) is 2. The number of aliphatic carboxylic acids is 2. The summed E-state index contributed by atoms with van der Waals surface area (Å²) in [5.41, 5.74) is 4.68. The monoisotopic (exact) mass is 269 g/mol. The van der Waals surface area contributed by atoms with Gasteiger partial charge in [-0.25, -0.2) is 0 Å². The molecular formula is C14H23NO4.